The second kappa shape index (κ2) is 7.55. The lowest BCUT2D eigenvalue weighted by Gasteiger charge is -2.31. The van der Waals surface area contributed by atoms with Gasteiger partial charge < -0.3 is 15.0 Å². The van der Waals surface area contributed by atoms with Crippen molar-refractivity contribution in [2.24, 2.45) is 0 Å². The number of nitrogens with one attached hydrogen (secondary N) is 1. The minimum absolute atomic E-state index is 0.00735. The molecule has 2 heterocycles. The molecule has 2 atom stereocenters. The molecule has 0 saturated carbocycles. The van der Waals surface area contributed by atoms with Gasteiger partial charge in [-0.3, -0.25) is 9.69 Å². The highest BCUT2D eigenvalue weighted by Crippen LogP contribution is 2.45. The summed E-state index contributed by atoms with van der Waals surface area (Å²) in [6.07, 6.45) is 0. The maximum atomic E-state index is 12.6. The third-order valence-corrected chi connectivity index (χ3v) is 5.89. The molecule has 0 bridgehead atoms. The largest absolute Gasteiger partial charge is 0.496 e. The minimum atomic E-state index is 0.00735. The molecule has 126 valence electrons. The lowest BCUT2D eigenvalue weighted by Crippen LogP contribution is -2.46. The van der Waals surface area contributed by atoms with E-state index in [9.17, 15) is 4.79 Å². The zero-order valence-corrected chi connectivity index (χ0v) is 14.6. The number of hydrogen-bond acceptors (Lipinski definition) is 5. The number of rotatable bonds is 5. The van der Waals surface area contributed by atoms with Gasteiger partial charge in [0.2, 0.25) is 5.91 Å². The molecular formula is C17H25N3O2S. The van der Waals surface area contributed by atoms with Crippen molar-refractivity contribution in [1.82, 2.24) is 15.1 Å². The molecule has 0 unspecified atom stereocenters. The van der Waals surface area contributed by atoms with Crippen molar-refractivity contribution >= 4 is 17.7 Å². The summed E-state index contributed by atoms with van der Waals surface area (Å²) in [5, 5.41) is 3.43. The van der Waals surface area contributed by atoms with E-state index in [-0.39, 0.29) is 16.5 Å². The van der Waals surface area contributed by atoms with E-state index >= 15 is 0 Å². The van der Waals surface area contributed by atoms with Crippen LogP contribution in [0.15, 0.2) is 24.3 Å². The van der Waals surface area contributed by atoms with Gasteiger partial charge >= 0.3 is 0 Å². The molecule has 6 heteroatoms. The van der Waals surface area contributed by atoms with E-state index in [0.717, 1.165) is 50.6 Å². The molecule has 0 aliphatic carbocycles. The lowest BCUT2D eigenvalue weighted by molar-refractivity contribution is -0.130. The molecule has 1 aromatic carbocycles. The fraction of sp³-hybridized carbons (Fsp3) is 0.588. The van der Waals surface area contributed by atoms with Gasteiger partial charge in [-0.05, 0) is 13.0 Å². The van der Waals surface area contributed by atoms with Crippen LogP contribution >= 0.6 is 11.8 Å². The Morgan fingerprint density at radius 2 is 2.00 bits per heavy atom. The second-order valence-electron chi connectivity index (χ2n) is 6.00. The van der Waals surface area contributed by atoms with Gasteiger partial charge in [-0.2, -0.15) is 0 Å². The molecule has 1 aromatic rings. The van der Waals surface area contributed by atoms with E-state index in [4.69, 9.17) is 4.74 Å². The molecular weight excluding hydrogens is 310 g/mol. The van der Waals surface area contributed by atoms with Crippen LogP contribution in [0.5, 0.6) is 5.75 Å². The molecule has 0 radical (unpaired) electrons. The van der Waals surface area contributed by atoms with Gasteiger partial charge in [0, 0.05) is 44.8 Å². The van der Waals surface area contributed by atoms with Crippen LogP contribution in [0, 0.1) is 0 Å². The number of piperazine rings is 1. The number of amides is 1. The van der Waals surface area contributed by atoms with Crippen LogP contribution in [-0.4, -0.2) is 67.3 Å². The van der Waals surface area contributed by atoms with Crippen molar-refractivity contribution in [1.29, 1.82) is 0 Å². The smallest absolute Gasteiger partial charge is 0.236 e. The summed E-state index contributed by atoms with van der Waals surface area (Å²) < 4.78 is 5.50. The number of thioether (sulfide) groups is 1. The molecule has 23 heavy (non-hydrogen) atoms. The Kier molecular flexibility index (Phi) is 5.46. The van der Waals surface area contributed by atoms with E-state index in [1.54, 1.807) is 18.9 Å². The first-order valence-corrected chi connectivity index (χ1v) is 9.17. The topological polar surface area (TPSA) is 44.8 Å². The summed E-state index contributed by atoms with van der Waals surface area (Å²) in [5.74, 6) is 1.10. The summed E-state index contributed by atoms with van der Waals surface area (Å²) in [6.45, 7) is 7.91. The van der Waals surface area contributed by atoms with Gasteiger partial charge in [-0.1, -0.05) is 18.2 Å². The van der Waals surface area contributed by atoms with Crippen LogP contribution in [0.2, 0.25) is 0 Å². The Morgan fingerprint density at radius 3 is 2.74 bits per heavy atom. The zero-order chi connectivity index (χ0) is 16.2. The normalized spacial score (nSPS) is 25.8. The quantitative estimate of drug-likeness (QED) is 0.885. The van der Waals surface area contributed by atoms with Crippen molar-refractivity contribution in [2.75, 3.05) is 46.4 Å². The van der Waals surface area contributed by atoms with E-state index in [2.05, 4.69) is 16.3 Å². The molecule has 0 aromatic heterocycles. The maximum Gasteiger partial charge on any atom is 0.236 e. The van der Waals surface area contributed by atoms with Crippen LogP contribution in [0.1, 0.15) is 17.9 Å². The van der Waals surface area contributed by atoms with Crippen molar-refractivity contribution in [3.63, 3.8) is 0 Å². The minimum Gasteiger partial charge on any atom is -0.496 e. The zero-order valence-electron chi connectivity index (χ0n) is 13.8. The number of ether oxygens (including phenoxy) is 1. The number of benzene rings is 1. The van der Waals surface area contributed by atoms with E-state index in [1.165, 1.54) is 0 Å². The summed E-state index contributed by atoms with van der Waals surface area (Å²) in [6, 6.07) is 8.02. The van der Waals surface area contributed by atoms with Gasteiger partial charge in [0.15, 0.2) is 0 Å². The molecule has 2 aliphatic rings. The number of carbonyl (C=O) groups excluding carboxylic acids is 1. The van der Waals surface area contributed by atoms with Crippen molar-refractivity contribution in [3.8, 4) is 5.75 Å². The molecule has 2 fully saturated rings. The van der Waals surface area contributed by atoms with Crippen molar-refractivity contribution in [2.45, 2.75) is 17.5 Å². The number of hydrogen-bond donors (Lipinski definition) is 1. The molecule has 0 spiro atoms. The standard InChI is InChI=1S/C17H25N3O2S/c1-13-16(21)20(12-11-19-9-7-18-8-10-19)17(23-13)14-5-3-4-6-15(14)22-2/h3-6,13,17-18H,7-12H2,1-2H3/t13-,17-/m0/s1. The monoisotopic (exact) mass is 335 g/mol. The van der Waals surface area contributed by atoms with Crippen molar-refractivity contribution in [3.05, 3.63) is 29.8 Å². The maximum absolute atomic E-state index is 12.6. The average Bonchev–Trinajstić information content (AvgIpc) is 2.88. The first kappa shape index (κ1) is 16.6. The van der Waals surface area contributed by atoms with Crippen LogP contribution < -0.4 is 10.1 Å². The van der Waals surface area contributed by atoms with Gasteiger partial charge in [-0.15, -0.1) is 11.8 Å². The highest BCUT2D eigenvalue weighted by Gasteiger charge is 2.39. The fourth-order valence-corrected chi connectivity index (χ4v) is 4.53. The Labute approximate surface area is 142 Å². The number of methoxy groups -OCH3 is 1. The molecule has 3 rings (SSSR count). The predicted molar refractivity (Wildman–Crippen MR) is 93.8 cm³/mol. The molecule has 5 nitrogen and oxygen atoms in total. The summed E-state index contributed by atoms with van der Waals surface area (Å²) in [5.41, 5.74) is 1.10. The van der Waals surface area contributed by atoms with Gasteiger partial charge in [0.25, 0.3) is 0 Å². The Bertz CT molecular complexity index is 548. The number of nitrogens with zero attached hydrogens (tertiary/aromatic N) is 2. The number of para-hydroxylation sites is 1. The third-order valence-electron chi connectivity index (χ3n) is 4.52. The Balaban J connectivity index is 1.73. The first-order chi connectivity index (χ1) is 11.2. The molecule has 2 saturated heterocycles. The predicted octanol–water partition coefficient (Wildman–Crippen LogP) is 1.56. The van der Waals surface area contributed by atoms with E-state index < -0.39 is 0 Å². The highest BCUT2D eigenvalue weighted by molar-refractivity contribution is 8.01. The average molecular weight is 335 g/mol. The summed E-state index contributed by atoms with van der Waals surface area (Å²) in [4.78, 5) is 17.0. The number of carbonyl (C=O) groups is 1. The second-order valence-corrected chi connectivity index (χ2v) is 7.42. The Morgan fingerprint density at radius 1 is 1.26 bits per heavy atom. The highest BCUT2D eigenvalue weighted by atomic mass is 32.2. The molecule has 2 aliphatic heterocycles. The summed E-state index contributed by atoms with van der Waals surface area (Å²) >= 11 is 1.72. The lowest BCUT2D eigenvalue weighted by atomic mass is 10.1. The van der Waals surface area contributed by atoms with Crippen molar-refractivity contribution < 1.29 is 9.53 Å². The molecule has 1 amide bonds. The Hall–Kier alpha value is -1.24. The summed E-state index contributed by atoms with van der Waals surface area (Å²) in [7, 11) is 1.69. The van der Waals surface area contributed by atoms with Crippen LogP contribution in [0.3, 0.4) is 0 Å². The van der Waals surface area contributed by atoms with Crippen LogP contribution in [0.25, 0.3) is 0 Å². The van der Waals surface area contributed by atoms with Gasteiger partial charge in [0.1, 0.15) is 11.1 Å². The van der Waals surface area contributed by atoms with Crippen LogP contribution in [0.4, 0.5) is 0 Å². The van der Waals surface area contributed by atoms with E-state index in [1.807, 2.05) is 30.0 Å². The third kappa shape index (κ3) is 3.65. The van der Waals surface area contributed by atoms with Crippen LogP contribution in [-0.2, 0) is 4.79 Å². The fourth-order valence-electron chi connectivity index (χ4n) is 3.20. The van der Waals surface area contributed by atoms with Gasteiger partial charge in [-0.25, -0.2) is 0 Å². The van der Waals surface area contributed by atoms with Gasteiger partial charge in [0.05, 0.1) is 12.4 Å². The van der Waals surface area contributed by atoms with E-state index in [0.29, 0.717) is 0 Å². The first-order valence-electron chi connectivity index (χ1n) is 8.22. The molecule has 1 N–H and O–H groups in total. The SMILES string of the molecule is COc1ccccc1[C@@H]1S[C@@H](C)C(=O)N1CCN1CCNCC1.